The first-order valence-electron chi connectivity index (χ1n) is 10.9. The molecule has 0 amide bonds. The smallest absolute Gasteiger partial charge is 0.382 e. The van der Waals surface area contributed by atoms with Gasteiger partial charge in [0, 0.05) is 14.2 Å². The Morgan fingerprint density at radius 3 is 0.556 bits per heavy atom. The van der Waals surface area contributed by atoms with Crippen LogP contribution in [-0.2, 0) is 28.6 Å². The summed E-state index contributed by atoms with van der Waals surface area (Å²) >= 11 is 1.90. The molecule has 0 spiro atoms. The molecular formula is C21H31F18MoO5. The topological polar surface area (TPSA) is 79.2 Å². The zero-order chi connectivity index (χ0) is 38.5. The van der Waals surface area contributed by atoms with Crippen molar-refractivity contribution in [1.29, 1.82) is 0 Å². The van der Waals surface area contributed by atoms with Gasteiger partial charge in [0.15, 0.2) is 0 Å². The van der Waals surface area contributed by atoms with E-state index in [1.807, 2.05) is 19.2 Å². The number of hydrogen-bond donors (Lipinski definition) is 3. The second-order valence-corrected chi connectivity index (χ2v) is 10.0. The summed E-state index contributed by atoms with van der Waals surface area (Å²) in [6.45, 7) is 6.76. The maximum absolute atomic E-state index is 11.4. The van der Waals surface area contributed by atoms with Crippen LogP contribution in [0.4, 0.5) is 79.0 Å². The number of aliphatic hydroxyl groups is 3. The number of ether oxygens (including phenoxy) is 2. The molecule has 0 unspecified atom stereocenters. The Bertz CT molecular complexity index is 701. The van der Waals surface area contributed by atoms with Crippen molar-refractivity contribution in [3.63, 3.8) is 0 Å². The summed E-state index contributed by atoms with van der Waals surface area (Å²) in [6.07, 6.45) is -34.1. The summed E-state index contributed by atoms with van der Waals surface area (Å²) in [5, 5.41) is 23.8. The minimum absolute atomic E-state index is 0.296. The van der Waals surface area contributed by atoms with E-state index in [1.54, 1.807) is 14.2 Å². The van der Waals surface area contributed by atoms with Gasteiger partial charge in [-0.15, -0.1) is 0 Å². The van der Waals surface area contributed by atoms with Crippen molar-refractivity contribution in [2.75, 3.05) is 27.4 Å². The molecule has 0 aromatic heterocycles. The van der Waals surface area contributed by atoms with Gasteiger partial charge in [-0.3, -0.25) is 0 Å². The molecule has 0 aromatic rings. The number of methoxy groups -OCH3 is 2. The van der Waals surface area contributed by atoms with Crippen LogP contribution in [0.15, 0.2) is 0 Å². The molecule has 24 heteroatoms. The Kier molecular flexibility index (Phi) is 22.0. The van der Waals surface area contributed by atoms with Gasteiger partial charge in [0.2, 0.25) is 0 Å². The van der Waals surface area contributed by atoms with Gasteiger partial charge in [-0.2, -0.15) is 79.0 Å². The molecule has 45 heavy (non-hydrogen) atoms. The van der Waals surface area contributed by atoms with Crippen LogP contribution in [-0.4, -0.2) is 96.6 Å². The molecule has 0 aromatic carbocycles. The number of hydrogen-bond acceptors (Lipinski definition) is 5. The molecule has 0 radical (unpaired) electrons. The minimum Gasteiger partial charge on any atom is -0.382 e. The van der Waals surface area contributed by atoms with E-state index >= 15 is 0 Å². The Morgan fingerprint density at radius 1 is 0.422 bits per heavy atom. The summed E-state index contributed by atoms with van der Waals surface area (Å²) in [7, 11) is 3.30. The zero-order valence-corrected chi connectivity index (χ0v) is 26.3. The molecule has 3 N–H and O–H groups in total. The van der Waals surface area contributed by atoms with E-state index in [0.29, 0.717) is 18.6 Å². The zero-order valence-electron chi connectivity index (χ0n) is 24.3. The first-order chi connectivity index (χ1) is 19.0. The Hall–Kier alpha value is -0.992. The van der Waals surface area contributed by atoms with Crippen molar-refractivity contribution in [2.45, 2.75) is 95.4 Å². The van der Waals surface area contributed by atoms with Gasteiger partial charge >= 0.3 is 86.6 Å². The van der Waals surface area contributed by atoms with Gasteiger partial charge in [-0.05, 0) is 20.8 Å². The summed E-state index contributed by atoms with van der Waals surface area (Å²) < 4.78 is 217. The van der Waals surface area contributed by atoms with Crippen LogP contribution in [0.25, 0.3) is 0 Å². The van der Waals surface area contributed by atoms with E-state index in [2.05, 4.69) is 34.4 Å². The van der Waals surface area contributed by atoms with Gasteiger partial charge in [-0.1, -0.05) is 0 Å². The SMILES string of the molecule is CC(C)(C)[C]#[Mo].CC(O)(C(F)(F)F)C(F)(F)F.CC(O)(C(F)(F)F)C(F)(F)F.CC(O)(C(F)(F)F)C(F)(F)F.COCCOC. The number of halogens is 18. The predicted octanol–water partition coefficient (Wildman–Crippen LogP) is 7.40. The number of alkyl halides is 18. The van der Waals surface area contributed by atoms with E-state index in [0.717, 1.165) is 0 Å². The van der Waals surface area contributed by atoms with Gasteiger partial charge < -0.3 is 24.8 Å². The van der Waals surface area contributed by atoms with Crippen LogP contribution in [0.1, 0.15) is 41.5 Å². The summed E-state index contributed by atoms with van der Waals surface area (Å²) in [6, 6.07) is 0. The van der Waals surface area contributed by atoms with Gasteiger partial charge in [-0.25, -0.2) is 0 Å². The molecule has 5 nitrogen and oxygen atoms in total. The average Bonchev–Trinajstić information content (AvgIpc) is 2.74. The van der Waals surface area contributed by atoms with Crippen LogP contribution >= 0.6 is 0 Å². The largest absolute Gasteiger partial charge is 0.425 e. The fourth-order valence-electron chi connectivity index (χ4n) is 0.649. The molecule has 0 bridgehead atoms. The van der Waals surface area contributed by atoms with Crippen LogP contribution in [0.5, 0.6) is 0 Å². The molecule has 0 saturated carbocycles. The molecule has 0 heterocycles. The van der Waals surface area contributed by atoms with E-state index in [4.69, 9.17) is 15.3 Å². The molecule has 0 aliphatic rings. The molecule has 0 saturated heterocycles. The summed E-state index contributed by atoms with van der Waals surface area (Å²) in [4.78, 5) is 0. The maximum Gasteiger partial charge on any atom is 0.425 e. The third-order valence-corrected chi connectivity index (χ3v) is 5.61. The standard InChI is InChI=1S/C5H9.3C4H4F6O.C4H10O2.Mo/c1-5(2,3)4;3*1-2(11,3(5,6)7)4(8,9)10;1-5-3-4-6-2;/h1-3H3;3*11H,1H3;3-4H2,1-2H3;. The van der Waals surface area contributed by atoms with Crippen LogP contribution in [0, 0.1) is 9.62 Å². The monoisotopic (exact) mass is 803 g/mol. The van der Waals surface area contributed by atoms with Crippen molar-refractivity contribution in [3.05, 3.63) is 0 Å². The maximum atomic E-state index is 11.4. The average molecular weight is 801 g/mol. The van der Waals surface area contributed by atoms with Gasteiger partial charge in [0.1, 0.15) is 0 Å². The van der Waals surface area contributed by atoms with Crippen molar-refractivity contribution in [2.24, 2.45) is 5.41 Å². The predicted molar refractivity (Wildman–Crippen MR) is 115 cm³/mol. The van der Waals surface area contributed by atoms with Crippen LogP contribution in [0.2, 0.25) is 0 Å². The van der Waals surface area contributed by atoms with Gasteiger partial charge in [0.25, 0.3) is 16.8 Å². The third kappa shape index (κ3) is 20.8. The fraction of sp³-hybridized carbons (Fsp3) is 0.952. The normalized spacial score (nSPS) is 13.8. The van der Waals surface area contributed by atoms with Crippen LogP contribution in [0.3, 0.4) is 0 Å². The van der Waals surface area contributed by atoms with Crippen molar-refractivity contribution in [3.8, 4) is 4.20 Å². The fourth-order valence-corrected chi connectivity index (χ4v) is 0.649. The Balaban J connectivity index is -0.000000152. The first-order valence-corrected chi connectivity index (χ1v) is 11.9. The van der Waals surface area contributed by atoms with Crippen molar-refractivity contribution >= 4 is 0 Å². The second kappa shape index (κ2) is 18.5. The third-order valence-electron chi connectivity index (χ3n) is 4.11. The van der Waals surface area contributed by atoms with Crippen LogP contribution < -0.4 is 0 Å². The Labute approximate surface area is 255 Å². The van der Waals surface area contributed by atoms with E-state index < -0.39 is 53.9 Å². The number of rotatable bonds is 3. The molecule has 0 aliphatic carbocycles. The summed E-state index contributed by atoms with van der Waals surface area (Å²) in [5.41, 5.74) is -13.6. The molecule has 277 valence electrons. The van der Waals surface area contributed by atoms with Crippen molar-refractivity contribution in [1.82, 2.24) is 0 Å². The molecular weight excluding hydrogens is 770 g/mol. The quantitative estimate of drug-likeness (QED) is 0.158. The van der Waals surface area contributed by atoms with Gasteiger partial charge in [0.05, 0.1) is 13.2 Å². The van der Waals surface area contributed by atoms with E-state index in [9.17, 15) is 79.0 Å². The van der Waals surface area contributed by atoms with E-state index in [-0.39, 0.29) is 20.8 Å². The first kappa shape index (κ1) is 53.5. The van der Waals surface area contributed by atoms with E-state index in [1.165, 1.54) is 0 Å². The molecule has 0 atom stereocenters. The molecule has 0 rings (SSSR count). The Morgan fingerprint density at radius 2 is 0.533 bits per heavy atom. The summed E-state index contributed by atoms with van der Waals surface area (Å²) in [5.74, 6) is 0. The second-order valence-electron chi connectivity index (χ2n) is 9.54. The van der Waals surface area contributed by atoms with Crippen molar-refractivity contribution < 1.29 is 123 Å². The minimum atomic E-state index is -5.69. The molecule has 0 fully saturated rings. The molecule has 0 aliphatic heterocycles.